The smallest absolute Gasteiger partial charge is 0.407 e. The van der Waals surface area contributed by atoms with Gasteiger partial charge in [-0.1, -0.05) is 72.8 Å². The third-order valence-corrected chi connectivity index (χ3v) is 5.67. The first kappa shape index (κ1) is 20.7. The van der Waals surface area contributed by atoms with Crippen molar-refractivity contribution in [1.29, 1.82) is 0 Å². The molecular weight excluding hydrogens is 386 g/mol. The number of aryl methyl sites for hydroxylation is 1. The standard InChI is InChI=1S/C27H27NO3/c1-19-14-15-20(17-26(19)30-2)9-7-8-16-28-27(29)31-18-25-23-12-5-3-10-21(23)22-11-4-6-13-24(22)25/h3-7,9-15,17,25H,8,16,18H2,1-2H3,(H,28,29). The summed E-state index contributed by atoms with van der Waals surface area (Å²) in [4.78, 5) is 12.2. The first-order valence-electron chi connectivity index (χ1n) is 10.6. The van der Waals surface area contributed by atoms with Crippen molar-refractivity contribution >= 4 is 12.2 Å². The Hall–Kier alpha value is -3.53. The van der Waals surface area contributed by atoms with Gasteiger partial charge in [0, 0.05) is 12.5 Å². The van der Waals surface area contributed by atoms with E-state index in [1.54, 1.807) is 7.11 Å². The van der Waals surface area contributed by atoms with Crippen LogP contribution in [0.4, 0.5) is 4.79 Å². The van der Waals surface area contributed by atoms with Crippen LogP contribution in [0.25, 0.3) is 17.2 Å². The molecule has 0 saturated heterocycles. The molecule has 4 rings (SSSR count). The molecule has 0 unspecified atom stereocenters. The molecule has 4 nitrogen and oxygen atoms in total. The van der Waals surface area contributed by atoms with Crippen LogP contribution >= 0.6 is 0 Å². The van der Waals surface area contributed by atoms with Gasteiger partial charge < -0.3 is 14.8 Å². The minimum Gasteiger partial charge on any atom is -0.496 e. The molecule has 0 atom stereocenters. The van der Waals surface area contributed by atoms with E-state index in [4.69, 9.17) is 9.47 Å². The molecule has 1 aliphatic rings. The van der Waals surface area contributed by atoms with Crippen molar-refractivity contribution in [3.63, 3.8) is 0 Å². The van der Waals surface area contributed by atoms with E-state index in [0.29, 0.717) is 13.2 Å². The van der Waals surface area contributed by atoms with Crippen LogP contribution < -0.4 is 10.1 Å². The average molecular weight is 414 g/mol. The zero-order valence-corrected chi connectivity index (χ0v) is 17.9. The highest BCUT2D eigenvalue weighted by Crippen LogP contribution is 2.44. The van der Waals surface area contributed by atoms with Gasteiger partial charge in [-0.25, -0.2) is 4.79 Å². The third-order valence-electron chi connectivity index (χ3n) is 5.67. The van der Waals surface area contributed by atoms with Gasteiger partial charge in [0.05, 0.1) is 7.11 Å². The van der Waals surface area contributed by atoms with Crippen LogP contribution in [0.2, 0.25) is 0 Å². The zero-order chi connectivity index (χ0) is 21.6. The van der Waals surface area contributed by atoms with Crippen LogP contribution in [0.15, 0.2) is 72.8 Å². The molecule has 1 aliphatic carbocycles. The highest BCUT2D eigenvalue weighted by Gasteiger charge is 2.28. The van der Waals surface area contributed by atoms with E-state index < -0.39 is 0 Å². The summed E-state index contributed by atoms with van der Waals surface area (Å²) in [6.45, 7) is 2.87. The number of carbonyl (C=O) groups excluding carboxylic acids is 1. The fourth-order valence-corrected chi connectivity index (χ4v) is 4.07. The van der Waals surface area contributed by atoms with E-state index >= 15 is 0 Å². The average Bonchev–Trinajstić information content (AvgIpc) is 3.12. The third kappa shape index (κ3) is 4.64. The number of amides is 1. The molecule has 1 amide bonds. The van der Waals surface area contributed by atoms with Crippen LogP contribution in [0.1, 0.15) is 34.6 Å². The Kier molecular flexibility index (Phi) is 6.37. The van der Waals surface area contributed by atoms with Gasteiger partial charge in [-0.2, -0.15) is 0 Å². The maximum Gasteiger partial charge on any atom is 0.407 e. The summed E-state index contributed by atoms with van der Waals surface area (Å²) in [5, 5.41) is 2.84. The fourth-order valence-electron chi connectivity index (χ4n) is 4.07. The van der Waals surface area contributed by atoms with E-state index in [1.807, 2.05) is 61.5 Å². The molecule has 0 aromatic heterocycles. The predicted octanol–water partition coefficient (Wildman–Crippen LogP) is 5.95. The largest absolute Gasteiger partial charge is 0.496 e. The Morgan fingerprint density at radius 1 is 1.00 bits per heavy atom. The van der Waals surface area contributed by atoms with E-state index in [2.05, 4.69) is 29.6 Å². The molecule has 1 N–H and O–H groups in total. The Labute approximate surface area is 183 Å². The van der Waals surface area contributed by atoms with Gasteiger partial charge in [-0.3, -0.25) is 0 Å². The summed E-state index contributed by atoms with van der Waals surface area (Å²) in [7, 11) is 1.67. The van der Waals surface area contributed by atoms with E-state index in [0.717, 1.165) is 23.3 Å². The number of fused-ring (bicyclic) bond motifs is 3. The minimum atomic E-state index is -0.382. The van der Waals surface area contributed by atoms with E-state index in [9.17, 15) is 4.79 Å². The minimum absolute atomic E-state index is 0.0783. The predicted molar refractivity (Wildman–Crippen MR) is 124 cm³/mol. The zero-order valence-electron chi connectivity index (χ0n) is 17.9. The molecule has 3 aromatic rings. The second kappa shape index (κ2) is 9.52. The number of alkyl carbamates (subject to hydrolysis) is 1. The van der Waals surface area contributed by atoms with Crippen LogP contribution in [0.3, 0.4) is 0 Å². The lowest BCUT2D eigenvalue weighted by molar-refractivity contribution is 0.143. The van der Waals surface area contributed by atoms with Gasteiger partial charge in [0.1, 0.15) is 12.4 Å². The van der Waals surface area contributed by atoms with E-state index in [-0.39, 0.29) is 12.0 Å². The second-order valence-electron chi connectivity index (χ2n) is 7.67. The molecule has 0 aliphatic heterocycles. The van der Waals surface area contributed by atoms with Crippen molar-refractivity contribution in [3.05, 3.63) is 95.1 Å². The van der Waals surface area contributed by atoms with Crippen LogP contribution in [0.5, 0.6) is 5.75 Å². The SMILES string of the molecule is COc1cc(C=CCCNC(=O)OCC2c3ccccc3-c3ccccc32)ccc1C. The van der Waals surface area contributed by atoms with E-state index in [1.165, 1.54) is 22.3 Å². The molecule has 4 heteroatoms. The molecule has 0 radical (unpaired) electrons. The van der Waals surface area contributed by atoms with Gasteiger partial charge in [-0.05, 0) is 52.8 Å². The van der Waals surface area contributed by atoms with Crippen LogP contribution in [0, 0.1) is 6.92 Å². The highest BCUT2D eigenvalue weighted by atomic mass is 16.5. The number of hydrogen-bond donors (Lipinski definition) is 1. The number of methoxy groups -OCH3 is 1. The van der Waals surface area contributed by atoms with Crippen LogP contribution in [-0.4, -0.2) is 26.4 Å². The maximum absolute atomic E-state index is 12.2. The molecule has 0 heterocycles. The fraction of sp³-hybridized carbons (Fsp3) is 0.222. The summed E-state index contributed by atoms with van der Waals surface area (Å²) in [5.74, 6) is 0.952. The van der Waals surface area contributed by atoms with Crippen molar-refractivity contribution in [1.82, 2.24) is 5.32 Å². The normalized spacial score (nSPS) is 12.5. The summed E-state index contributed by atoms with van der Waals surface area (Å²) < 4.78 is 10.9. The van der Waals surface area contributed by atoms with Crippen molar-refractivity contribution in [2.24, 2.45) is 0 Å². The Bertz CT molecular complexity index is 1060. The maximum atomic E-state index is 12.2. The molecule has 3 aromatic carbocycles. The molecule has 158 valence electrons. The van der Waals surface area contributed by atoms with Gasteiger partial charge >= 0.3 is 6.09 Å². The molecule has 31 heavy (non-hydrogen) atoms. The summed E-state index contributed by atoms with van der Waals surface area (Å²) in [6.07, 6.45) is 4.41. The monoisotopic (exact) mass is 413 g/mol. The van der Waals surface area contributed by atoms with Crippen LogP contribution in [-0.2, 0) is 4.74 Å². The Morgan fingerprint density at radius 2 is 1.68 bits per heavy atom. The molecule has 0 saturated carbocycles. The van der Waals surface area contributed by atoms with Gasteiger partial charge in [0.25, 0.3) is 0 Å². The first-order valence-corrected chi connectivity index (χ1v) is 10.6. The lowest BCUT2D eigenvalue weighted by Gasteiger charge is -2.14. The lowest BCUT2D eigenvalue weighted by Crippen LogP contribution is -2.26. The second-order valence-corrected chi connectivity index (χ2v) is 7.67. The number of benzene rings is 3. The van der Waals surface area contributed by atoms with Crippen molar-refractivity contribution < 1.29 is 14.3 Å². The van der Waals surface area contributed by atoms with Crippen molar-refractivity contribution in [2.75, 3.05) is 20.3 Å². The summed E-state index contributed by atoms with van der Waals surface area (Å²) in [6, 6.07) is 22.7. The summed E-state index contributed by atoms with van der Waals surface area (Å²) in [5.41, 5.74) is 7.07. The number of carbonyl (C=O) groups is 1. The van der Waals surface area contributed by atoms with Gasteiger partial charge in [-0.15, -0.1) is 0 Å². The first-order chi connectivity index (χ1) is 15.2. The molecule has 0 spiro atoms. The van der Waals surface area contributed by atoms with Gasteiger partial charge in [0.15, 0.2) is 0 Å². The number of nitrogens with one attached hydrogen (secondary N) is 1. The highest BCUT2D eigenvalue weighted by molar-refractivity contribution is 5.79. The lowest BCUT2D eigenvalue weighted by atomic mass is 9.98. The number of hydrogen-bond acceptors (Lipinski definition) is 3. The number of rotatable bonds is 7. The van der Waals surface area contributed by atoms with Crippen molar-refractivity contribution in [2.45, 2.75) is 19.3 Å². The quantitative estimate of drug-likeness (QED) is 0.487. The van der Waals surface area contributed by atoms with Gasteiger partial charge in [0.2, 0.25) is 0 Å². The summed E-state index contributed by atoms with van der Waals surface area (Å²) >= 11 is 0. The molecular formula is C27H27NO3. The van der Waals surface area contributed by atoms with Crippen molar-refractivity contribution in [3.8, 4) is 16.9 Å². The Morgan fingerprint density at radius 3 is 2.35 bits per heavy atom. The topological polar surface area (TPSA) is 47.6 Å². The molecule has 0 fully saturated rings. The Balaban J connectivity index is 1.27. The molecule has 0 bridgehead atoms. The number of ether oxygens (including phenoxy) is 2.